The highest BCUT2D eigenvalue weighted by molar-refractivity contribution is 7.16. The first-order valence-electron chi connectivity index (χ1n) is 10.7. The van der Waals surface area contributed by atoms with Crippen molar-refractivity contribution >= 4 is 40.2 Å². The summed E-state index contributed by atoms with van der Waals surface area (Å²) in [5.74, 6) is 0.942. The van der Waals surface area contributed by atoms with E-state index in [1.54, 1.807) is 16.8 Å². The van der Waals surface area contributed by atoms with Crippen LogP contribution in [0.15, 0.2) is 47.3 Å². The number of rotatable bonds is 7. The fourth-order valence-electron chi connectivity index (χ4n) is 4.21. The molecule has 5 rings (SSSR count). The van der Waals surface area contributed by atoms with Crippen LogP contribution in [-0.2, 0) is 13.2 Å². The Morgan fingerprint density at radius 2 is 1.88 bits per heavy atom. The minimum Gasteiger partial charge on any atom is -0.488 e. The molecular weight excluding hydrogens is 464 g/mol. The van der Waals surface area contributed by atoms with Crippen LogP contribution < -0.4 is 4.74 Å². The van der Waals surface area contributed by atoms with Crippen LogP contribution in [0, 0.1) is 0 Å². The standard InChI is InChI=1S/C23H25ClN4O2S2/c24-22-6-5-20(32-22)14-30-19-3-1-17(2-4-19)11-26-12-18(13-26)27-7-9-28(10-8-27)23(29)21-15-31-16-25-21/h1-6,15-16,18H,7-14H2. The van der Waals surface area contributed by atoms with E-state index < -0.39 is 0 Å². The minimum absolute atomic E-state index is 0.0627. The predicted molar refractivity (Wildman–Crippen MR) is 129 cm³/mol. The largest absolute Gasteiger partial charge is 0.488 e. The van der Waals surface area contributed by atoms with Crippen LogP contribution in [0.3, 0.4) is 0 Å². The second-order valence-electron chi connectivity index (χ2n) is 8.19. The molecule has 0 aliphatic carbocycles. The molecule has 2 fully saturated rings. The summed E-state index contributed by atoms with van der Waals surface area (Å²) < 4.78 is 6.64. The summed E-state index contributed by atoms with van der Waals surface area (Å²) in [6, 6.07) is 12.9. The van der Waals surface area contributed by atoms with Crippen molar-refractivity contribution in [2.24, 2.45) is 0 Å². The number of halogens is 1. The number of hydrogen-bond donors (Lipinski definition) is 0. The fraction of sp³-hybridized carbons (Fsp3) is 0.391. The smallest absolute Gasteiger partial charge is 0.273 e. The number of carbonyl (C=O) groups excluding carboxylic acids is 1. The molecule has 0 radical (unpaired) electrons. The zero-order valence-electron chi connectivity index (χ0n) is 17.7. The molecule has 32 heavy (non-hydrogen) atoms. The highest BCUT2D eigenvalue weighted by Gasteiger charge is 2.34. The molecule has 2 saturated heterocycles. The maximum Gasteiger partial charge on any atom is 0.273 e. The Morgan fingerprint density at radius 3 is 2.53 bits per heavy atom. The Hall–Kier alpha value is -1.97. The van der Waals surface area contributed by atoms with E-state index in [2.05, 4.69) is 26.9 Å². The lowest BCUT2D eigenvalue weighted by molar-refractivity contribution is 0.00247. The van der Waals surface area contributed by atoms with Crippen LogP contribution in [0.2, 0.25) is 4.34 Å². The lowest BCUT2D eigenvalue weighted by Gasteiger charge is -2.48. The number of piperazine rings is 1. The van der Waals surface area contributed by atoms with Crippen molar-refractivity contribution in [3.63, 3.8) is 0 Å². The molecule has 0 spiro atoms. The maximum atomic E-state index is 12.4. The van der Waals surface area contributed by atoms with Gasteiger partial charge in [-0.25, -0.2) is 4.98 Å². The second-order valence-corrected chi connectivity index (χ2v) is 10.7. The van der Waals surface area contributed by atoms with E-state index in [9.17, 15) is 4.79 Å². The normalized spacial score (nSPS) is 18.0. The van der Waals surface area contributed by atoms with Gasteiger partial charge in [0.2, 0.25) is 0 Å². The van der Waals surface area contributed by atoms with E-state index >= 15 is 0 Å². The van der Waals surface area contributed by atoms with Gasteiger partial charge in [-0.05, 0) is 29.8 Å². The van der Waals surface area contributed by atoms with Gasteiger partial charge in [0.1, 0.15) is 18.1 Å². The lowest BCUT2D eigenvalue weighted by atomic mass is 10.0. The molecular formula is C23H25ClN4O2S2. The third-order valence-corrected chi connectivity index (χ3v) is 7.84. The molecule has 0 atom stereocenters. The predicted octanol–water partition coefficient (Wildman–Crippen LogP) is 4.08. The van der Waals surface area contributed by atoms with E-state index in [0.29, 0.717) is 18.3 Å². The Balaban J connectivity index is 1.03. The average Bonchev–Trinajstić information content (AvgIpc) is 3.47. The first kappa shape index (κ1) is 21.9. The summed E-state index contributed by atoms with van der Waals surface area (Å²) in [5.41, 5.74) is 3.59. The minimum atomic E-state index is 0.0627. The summed E-state index contributed by atoms with van der Waals surface area (Å²) in [5, 5.41) is 1.83. The van der Waals surface area contributed by atoms with Gasteiger partial charge in [-0.3, -0.25) is 14.6 Å². The monoisotopic (exact) mass is 488 g/mol. The number of thiazole rings is 1. The summed E-state index contributed by atoms with van der Waals surface area (Å²) in [6.45, 7) is 7.12. The number of ether oxygens (including phenoxy) is 1. The highest BCUT2D eigenvalue weighted by Crippen LogP contribution is 2.24. The molecule has 0 bridgehead atoms. The molecule has 2 aliphatic heterocycles. The number of aromatic nitrogens is 1. The number of thiophene rings is 1. The molecule has 1 aromatic carbocycles. The number of carbonyl (C=O) groups is 1. The molecule has 1 amide bonds. The number of amides is 1. The van der Waals surface area contributed by atoms with Crippen molar-refractivity contribution < 1.29 is 9.53 Å². The molecule has 2 aliphatic rings. The van der Waals surface area contributed by atoms with Gasteiger partial charge >= 0.3 is 0 Å². The Morgan fingerprint density at radius 1 is 1.09 bits per heavy atom. The zero-order valence-corrected chi connectivity index (χ0v) is 20.0. The van der Waals surface area contributed by atoms with Gasteiger partial charge in [-0.2, -0.15) is 0 Å². The summed E-state index contributed by atoms with van der Waals surface area (Å²) >= 11 is 8.98. The topological polar surface area (TPSA) is 48.9 Å². The number of nitrogens with zero attached hydrogens (tertiary/aromatic N) is 4. The first-order chi connectivity index (χ1) is 15.6. The first-order valence-corrected chi connectivity index (χ1v) is 12.9. The molecule has 9 heteroatoms. The van der Waals surface area contributed by atoms with Crippen molar-refractivity contribution in [2.45, 2.75) is 19.2 Å². The highest BCUT2D eigenvalue weighted by atomic mass is 35.5. The van der Waals surface area contributed by atoms with E-state index in [0.717, 1.165) is 60.8 Å². The number of hydrogen-bond acceptors (Lipinski definition) is 7. The van der Waals surface area contributed by atoms with Gasteiger partial charge in [-0.15, -0.1) is 22.7 Å². The van der Waals surface area contributed by atoms with Crippen LogP contribution in [0.5, 0.6) is 5.75 Å². The zero-order chi connectivity index (χ0) is 21.9. The Kier molecular flexibility index (Phi) is 6.75. The van der Waals surface area contributed by atoms with Gasteiger partial charge < -0.3 is 9.64 Å². The molecule has 6 nitrogen and oxygen atoms in total. The SMILES string of the molecule is O=C(c1cscn1)N1CCN(C2CN(Cc3ccc(OCc4ccc(Cl)s4)cc3)C2)CC1. The summed E-state index contributed by atoms with van der Waals surface area (Å²) in [4.78, 5) is 24.6. The van der Waals surface area contributed by atoms with E-state index in [-0.39, 0.29) is 5.91 Å². The average molecular weight is 489 g/mol. The molecule has 2 aromatic heterocycles. The molecule has 168 valence electrons. The van der Waals surface area contributed by atoms with Crippen LogP contribution in [0.25, 0.3) is 0 Å². The van der Waals surface area contributed by atoms with Gasteiger partial charge in [-0.1, -0.05) is 23.7 Å². The number of likely N-dealkylation sites (tertiary alicyclic amines) is 1. The van der Waals surface area contributed by atoms with Gasteiger partial charge in [0.05, 0.1) is 9.85 Å². The van der Waals surface area contributed by atoms with E-state index in [1.807, 2.05) is 34.5 Å². The van der Waals surface area contributed by atoms with Crippen molar-refractivity contribution in [1.82, 2.24) is 19.7 Å². The van der Waals surface area contributed by atoms with Crippen molar-refractivity contribution in [3.8, 4) is 5.75 Å². The fourth-order valence-corrected chi connectivity index (χ4v) is 5.73. The van der Waals surface area contributed by atoms with Crippen LogP contribution >= 0.6 is 34.3 Å². The Bertz CT molecular complexity index is 1030. The van der Waals surface area contributed by atoms with E-state index in [4.69, 9.17) is 16.3 Å². The van der Waals surface area contributed by atoms with Crippen LogP contribution in [-0.4, -0.2) is 70.9 Å². The Labute approximate surface area is 201 Å². The summed E-state index contributed by atoms with van der Waals surface area (Å²) in [6.07, 6.45) is 0. The van der Waals surface area contributed by atoms with Crippen LogP contribution in [0.4, 0.5) is 0 Å². The lowest BCUT2D eigenvalue weighted by Crippen LogP contribution is -2.63. The third kappa shape index (κ3) is 5.15. The summed E-state index contributed by atoms with van der Waals surface area (Å²) in [7, 11) is 0. The van der Waals surface area contributed by atoms with Crippen molar-refractivity contribution in [3.05, 3.63) is 67.8 Å². The molecule has 4 heterocycles. The van der Waals surface area contributed by atoms with Crippen LogP contribution in [0.1, 0.15) is 20.9 Å². The molecule has 0 N–H and O–H groups in total. The third-order valence-electron chi connectivity index (χ3n) is 6.05. The quantitative estimate of drug-likeness (QED) is 0.501. The van der Waals surface area contributed by atoms with Gasteiger partial charge in [0, 0.05) is 62.1 Å². The molecule has 0 unspecified atom stereocenters. The maximum absolute atomic E-state index is 12.4. The van der Waals surface area contributed by atoms with Crippen molar-refractivity contribution in [1.29, 1.82) is 0 Å². The van der Waals surface area contributed by atoms with E-state index in [1.165, 1.54) is 16.9 Å². The molecule has 3 aromatic rings. The second kappa shape index (κ2) is 9.89. The number of benzene rings is 1. The molecule has 0 saturated carbocycles. The van der Waals surface area contributed by atoms with Gasteiger partial charge in [0.25, 0.3) is 5.91 Å². The van der Waals surface area contributed by atoms with Crippen molar-refractivity contribution in [2.75, 3.05) is 39.3 Å². The van der Waals surface area contributed by atoms with Gasteiger partial charge in [0.15, 0.2) is 0 Å².